The van der Waals surface area contributed by atoms with Crippen molar-refractivity contribution in [2.45, 2.75) is 13.0 Å². The Hall–Kier alpha value is -0.650. The highest BCUT2D eigenvalue weighted by atomic mass is 35.5. The van der Waals surface area contributed by atoms with Crippen LogP contribution in [0.2, 0.25) is 0 Å². The van der Waals surface area contributed by atoms with Crippen LogP contribution in [0.5, 0.6) is 0 Å². The minimum atomic E-state index is -1.29. The van der Waals surface area contributed by atoms with E-state index in [4.69, 9.17) is 10.1 Å². The molecular weight excluding hydrogens is 229 g/mol. The molecular formula is C8H11ClFNO2S. The van der Waals surface area contributed by atoms with Crippen LogP contribution >= 0.6 is 23.7 Å². The van der Waals surface area contributed by atoms with Gasteiger partial charge in [0.25, 0.3) is 0 Å². The molecule has 0 amide bonds. The van der Waals surface area contributed by atoms with Gasteiger partial charge in [-0.2, -0.15) is 0 Å². The zero-order valence-electron chi connectivity index (χ0n) is 7.49. The van der Waals surface area contributed by atoms with Crippen molar-refractivity contribution in [3.8, 4) is 0 Å². The van der Waals surface area contributed by atoms with Crippen LogP contribution in [-0.2, 0) is 4.74 Å². The third-order valence-corrected chi connectivity index (χ3v) is 2.22. The maximum atomic E-state index is 12.9. The van der Waals surface area contributed by atoms with Crippen LogP contribution in [0.4, 0.5) is 4.39 Å². The van der Waals surface area contributed by atoms with Crippen molar-refractivity contribution in [2.24, 2.45) is 0 Å². The molecule has 0 saturated carbocycles. The molecule has 2 N–H and O–H groups in total. The van der Waals surface area contributed by atoms with Crippen molar-refractivity contribution in [1.82, 2.24) is 0 Å². The van der Waals surface area contributed by atoms with Gasteiger partial charge >= 0.3 is 0 Å². The standard InChI is InChI=1S/C8H10FNO2S.ClH/c1-2-12-8(10)7(11)5-3-13-4-6(5)9;/h3-4,7,10-11H,2H2,1H3;1H. The van der Waals surface area contributed by atoms with Crippen LogP contribution in [0.1, 0.15) is 18.6 Å². The second-order valence-electron chi connectivity index (χ2n) is 2.37. The van der Waals surface area contributed by atoms with Crippen molar-refractivity contribution in [3.05, 3.63) is 22.1 Å². The molecule has 1 aromatic rings. The fourth-order valence-electron chi connectivity index (χ4n) is 0.862. The monoisotopic (exact) mass is 239 g/mol. The fourth-order valence-corrected chi connectivity index (χ4v) is 1.57. The number of halogens is 2. The van der Waals surface area contributed by atoms with E-state index in [9.17, 15) is 9.50 Å². The summed E-state index contributed by atoms with van der Waals surface area (Å²) in [5, 5.41) is 19.4. The van der Waals surface area contributed by atoms with Gasteiger partial charge in [0, 0.05) is 16.3 Å². The Bertz CT molecular complexity index is 305. The van der Waals surface area contributed by atoms with Gasteiger partial charge in [0.05, 0.1) is 6.61 Å². The number of nitrogens with one attached hydrogen (secondary N) is 1. The topological polar surface area (TPSA) is 53.3 Å². The van der Waals surface area contributed by atoms with E-state index in [1.54, 1.807) is 6.92 Å². The molecule has 0 radical (unpaired) electrons. The van der Waals surface area contributed by atoms with Crippen molar-refractivity contribution in [3.63, 3.8) is 0 Å². The Balaban J connectivity index is 0.00000169. The van der Waals surface area contributed by atoms with Gasteiger partial charge < -0.3 is 9.84 Å². The summed E-state index contributed by atoms with van der Waals surface area (Å²) in [6.45, 7) is 1.99. The number of ether oxygens (including phenoxy) is 1. The summed E-state index contributed by atoms with van der Waals surface area (Å²) in [5.74, 6) is -0.818. The number of hydrogen-bond acceptors (Lipinski definition) is 4. The number of aliphatic hydroxyl groups excluding tert-OH is 1. The van der Waals surface area contributed by atoms with Gasteiger partial charge in [-0.1, -0.05) is 0 Å². The second-order valence-corrected chi connectivity index (χ2v) is 3.12. The predicted octanol–water partition coefficient (Wildman–Crippen LogP) is 2.36. The highest BCUT2D eigenvalue weighted by molar-refractivity contribution is 7.08. The molecule has 6 heteroatoms. The maximum Gasteiger partial charge on any atom is 0.215 e. The molecule has 3 nitrogen and oxygen atoms in total. The molecule has 0 aromatic carbocycles. The number of rotatable bonds is 3. The molecule has 1 rings (SSSR count). The van der Waals surface area contributed by atoms with Crippen molar-refractivity contribution in [1.29, 1.82) is 5.41 Å². The van der Waals surface area contributed by atoms with Gasteiger partial charge in [-0.15, -0.1) is 23.7 Å². The summed E-state index contributed by atoms with van der Waals surface area (Å²) in [6.07, 6.45) is -1.29. The molecule has 80 valence electrons. The predicted molar refractivity (Wildman–Crippen MR) is 55.8 cm³/mol. The molecule has 0 aliphatic heterocycles. The maximum absolute atomic E-state index is 12.9. The third-order valence-electron chi connectivity index (χ3n) is 1.49. The summed E-state index contributed by atoms with van der Waals surface area (Å²) in [5.41, 5.74) is 0.100. The van der Waals surface area contributed by atoms with Gasteiger partial charge in [-0.3, -0.25) is 5.41 Å². The van der Waals surface area contributed by atoms with E-state index in [1.807, 2.05) is 0 Å². The Kier molecular flexibility index (Phi) is 5.68. The van der Waals surface area contributed by atoms with Crippen LogP contribution in [0.25, 0.3) is 0 Å². The lowest BCUT2D eigenvalue weighted by molar-refractivity contribution is 0.187. The second kappa shape index (κ2) is 5.95. The van der Waals surface area contributed by atoms with Crippen LogP contribution in [0.15, 0.2) is 10.8 Å². The highest BCUT2D eigenvalue weighted by Crippen LogP contribution is 2.21. The lowest BCUT2D eigenvalue weighted by atomic mass is 10.2. The molecule has 1 atom stereocenters. The molecule has 0 spiro atoms. The van der Waals surface area contributed by atoms with Crippen LogP contribution in [0, 0.1) is 11.2 Å². The fraction of sp³-hybridized carbons (Fsp3) is 0.375. The summed E-state index contributed by atoms with van der Waals surface area (Å²) in [6, 6.07) is 0. The first-order chi connectivity index (χ1) is 6.16. The summed E-state index contributed by atoms with van der Waals surface area (Å²) < 4.78 is 17.7. The summed E-state index contributed by atoms with van der Waals surface area (Å²) in [7, 11) is 0. The zero-order valence-corrected chi connectivity index (χ0v) is 9.12. The van der Waals surface area contributed by atoms with Gasteiger partial charge in [-0.05, 0) is 6.92 Å². The molecule has 0 saturated heterocycles. The Morgan fingerprint density at radius 1 is 1.71 bits per heavy atom. The third kappa shape index (κ3) is 2.94. The van der Waals surface area contributed by atoms with Crippen molar-refractivity contribution >= 4 is 29.6 Å². The van der Waals surface area contributed by atoms with E-state index in [1.165, 1.54) is 10.8 Å². The van der Waals surface area contributed by atoms with E-state index < -0.39 is 11.9 Å². The first-order valence-electron chi connectivity index (χ1n) is 3.77. The molecule has 14 heavy (non-hydrogen) atoms. The molecule has 1 unspecified atom stereocenters. The average molecular weight is 240 g/mol. The summed E-state index contributed by atoms with van der Waals surface area (Å²) in [4.78, 5) is 0. The number of aliphatic hydroxyl groups is 1. The molecule has 1 heterocycles. The number of hydrogen-bond donors (Lipinski definition) is 2. The average Bonchev–Trinajstić information content (AvgIpc) is 2.50. The lowest BCUT2D eigenvalue weighted by Gasteiger charge is -2.10. The van der Waals surface area contributed by atoms with E-state index in [-0.39, 0.29) is 23.9 Å². The van der Waals surface area contributed by atoms with Crippen molar-refractivity contribution in [2.75, 3.05) is 6.61 Å². The van der Waals surface area contributed by atoms with E-state index in [2.05, 4.69) is 0 Å². The van der Waals surface area contributed by atoms with Gasteiger partial charge in [0.1, 0.15) is 5.82 Å². The quantitative estimate of drug-likeness (QED) is 0.629. The van der Waals surface area contributed by atoms with E-state index in [0.717, 1.165) is 11.3 Å². The minimum Gasteiger partial charge on any atom is -0.479 e. The SMILES string of the molecule is CCOC(=N)C(O)c1cscc1F.Cl. The van der Waals surface area contributed by atoms with Gasteiger partial charge in [-0.25, -0.2) is 4.39 Å². The Morgan fingerprint density at radius 2 is 2.36 bits per heavy atom. The van der Waals surface area contributed by atoms with E-state index >= 15 is 0 Å². The molecule has 0 aliphatic carbocycles. The van der Waals surface area contributed by atoms with Gasteiger partial charge in [0.15, 0.2) is 6.10 Å². The Morgan fingerprint density at radius 3 is 2.79 bits per heavy atom. The van der Waals surface area contributed by atoms with Crippen LogP contribution in [-0.4, -0.2) is 17.6 Å². The molecule has 0 fully saturated rings. The smallest absolute Gasteiger partial charge is 0.215 e. The van der Waals surface area contributed by atoms with Crippen LogP contribution < -0.4 is 0 Å². The first-order valence-corrected chi connectivity index (χ1v) is 4.72. The number of thiophene rings is 1. The highest BCUT2D eigenvalue weighted by Gasteiger charge is 2.19. The molecule has 0 bridgehead atoms. The normalized spacial score (nSPS) is 11.6. The minimum absolute atomic E-state index is 0. The lowest BCUT2D eigenvalue weighted by Crippen LogP contribution is -2.14. The van der Waals surface area contributed by atoms with Crippen LogP contribution in [0.3, 0.4) is 0 Å². The molecule has 0 aliphatic rings. The first kappa shape index (κ1) is 13.4. The zero-order chi connectivity index (χ0) is 9.84. The largest absolute Gasteiger partial charge is 0.479 e. The van der Waals surface area contributed by atoms with E-state index in [0.29, 0.717) is 6.61 Å². The summed E-state index contributed by atoms with van der Waals surface area (Å²) >= 11 is 1.14. The molecule has 1 aromatic heterocycles. The van der Waals surface area contributed by atoms with Gasteiger partial charge in [0.2, 0.25) is 5.90 Å². The Labute approximate surface area is 91.4 Å². The van der Waals surface area contributed by atoms with Crippen molar-refractivity contribution < 1.29 is 14.2 Å².